The van der Waals surface area contributed by atoms with E-state index in [1.165, 1.54) is 4.90 Å². The largest absolute Gasteiger partial charge is 0.401 e. The molecule has 0 atom stereocenters. The first-order chi connectivity index (χ1) is 9.40. The standard InChI is InChI=1S/C13H15BrClF3N2/c14-8-10-2-1-3-11(15)12(10)20-6-4-19(5-7-20)9-13(16,17)18/h1-3H,4-9H2. The molecule has 0 saturated carbocycles. The van der Waals surface area contributed by atoms with Crippen LogP contribution in [0.1, 0.15) is 5.56 Å². The molecule has 2 rings (SSSR count). The monoisotopic (exact) mass is 370 g/mol. The number of halogens is 5. The van der Waals surface area contributed by atoms with Gasteiger partial charge in [0.15, 0.2) is 0 Å². The summed E-state index contributed by atoms with van der Waals surface area (Å²) in [6.07, 6.45) is -4.13. The van der Waals surface area contributed by atoms with Crippen LogP contribution in [0.4, 0.5) is 18.9 Å². The van der Waals surface area contributed by atoms with Crippen LogP contribution < -0.4 is 4.90 Å². The lowest BCUT2D eigenvalue weighted by molar-refractivity contribution is -0.146. The molecule has 0 aliphatic carbocycles. The Kier molecular flexibility index (Phi) is 5.20. The third-order valence-electron chi connectivity index (χ3n) is 3.31. The lowest BCUT2D eigenvalue weighted by Crippen LogP contribution is -2.49. The van der Waals surface area contributed by atoms with E-state index in [1.54, 1.807) is 0 Å². The highest BCUT2D eigenvalue weighted by Gasteiger charge is 2.32. The maximum atomic E-state index is 12.4. The molecule has 112 valence electrons. The summed E-state index contributed by atoms with van der Waals surface area (Å²) in [5.41, 5.74) is 1.99. The predicted octanol–water partition coefficient (Wildman–Crippen LogP) is 3.92. The van der Waals surface area contributed by atoms with Crippen molar-refractivity contribution in [2.75, 3.05) is 37.6 Å². The van der Waals surface area contributed by atoms with Crippen molar-refractivity contribution in [2.24, 2.45) is 0 Å². The lowest BCUT2D eigenvalue weighted by Gasteiger charge is -2.37. The van der Waals surface area contributed by atoms with Crippen LogP contribution >= 0.6 is 27.5 Å². The number of alkyl halides is 4. The summed E-state index contributed by atoms with van der Waals surface area (Å²) in [5, 5.41) is 1.32. The molecule has 7 heteroatoms. The van der Waals surface area contributed by atoms with Crippen molar-refractivity contribution >= 4 is 33.2 Å². The minimum absolute atomic E-state index is 0.395. The number of piperazine rings is 1. The highest BCUT2D eigenvalue weighted by Crippen LogP contribution is 2.32. The number of benzene rings is 1. The molecule has 1 fully saturated rings. The molecule has 0 radical (unpaired) electrons. The van der Waals surface area contributed by atoms with E-state index in [0.29, 0.717) is 36.5 Å². The van der Waals surface area contributed by atoms with Crippen LogP contribution in [0.3, 0.4) is 0 Å². The van der Waals surface area contributed by atoms with E-state index in [9.17, 15) is 13.2 Å². The Hall–Kier alpha value is -0.460. The van der Waals surface area contributed by atoms with Crippen LogP contribution in [0.25, 0.3) is 0 Å². The molecule has 1 aliphatic heterocycles. The highest BCUT2D eigenvalue weighted by molar-refractivity contribution is 9.08. The number of nitrogens with zero attached hydrogens (tertiary/aromatic N) is 2. The van der Waals surface area contributed by atoms with Gasteiger partial charge >= 0.3 is 6.18 Å². The van der Waals surface area contributed by atoms with Crippen molar-refractivity contribution in [3.8, 4) is 0 Å². The third-order valence-corrected chi connectivity index (χ3v) is 4.21. The van der Waals surface area contributed by atoms with Gasteiger partial charge < -0.3 is 4.90 Å². The van der Waals surface area contributed by atoms with Crippen molar-refractivity contribution in [1.29, 1.82) is 0 Å². The Balaban J connectivity index is 2.04. The van der Waals surface area contributed by atoms with Gasteiger partial charge in [0.05, 0.1) is 17.3 Å². The lowest BCUT2D eigenvalue weighted by atomic mass is 10.1. The fourth-order valence-corrected chi connectivity index (χ4v) is 3.17. The molecular weight excluding hydrogens is 357 g/mol. The second kappa shape index (κ2) is 6.54. The molecule has 1 aromatic rings. The second-order valence-corrected chi connectivity index (χ2v) is 5.73. The average Bonchev–Trinajstić information content (AvgIpc) is 2.38. The SMILES string of the molecule is FC(F)(F)CN1CCN(c2c(Cl)cccc2CBr)CC1. The van der Waals surface area contributed by atoms with Crippen molar-refractivity contribution in [1.82, 2.24) is 4.90 Å². The summed E-state index contributed by atoms with van der Waals surface area (Å²) in [5.74, 6) is 0. The molecule has 20 heavy (non-hydrogen) atoms. The van der Waals surface area contributed by atoms with Gasteiger partial charge in [0.1, 0.15) is 0 Å². The Labute approximate surface area is 129 Å². The first kappa shape index (κ1) is 15.9. The summed E-state index contributed by atoms with van der Waals surface area (Å²) in [6.45, 7) is 1.06. The summed E-state index contributed by atoms with van der Waals surface area (Å²) in [4.78, 5) is 3.49. The number of para-hydroxylation sites is 1. The Morgan fingerprint density at radius 1 is 1.15 bits per heavy atom. The van der Waals surface area contributed by atoms with Crippen LogP contribution in [-0.4, -0.2) is 43.8 Å². The van der Waals surface area contributed by atoms with E-state index in [-0.39, 0.29) is 0 Å². The van der Waals surface area contributed by atoms with Gasteiger partial charge in [-0.15, -0.1) is 0 Å². The van der Waals surface area contributed by atoms with Crippen LogP contribution in [0.15, 0.2) is 18.2 Å². The molecule has 0 bridgehead atoms. The minimum atomic E-state index is -4.13. The fraction of sp³-hybridized carbons (Fsp3) is 0.538. The summed E-state index contributed by atoms with van der Waals surface area (Å²) >= 11 is 9.64. The van der Waals surface area contributed by atoms with Gasteiger partial charge in [-0.3, -0.25) is 4.90 Å². The highest BCUT2D eigenvalue weighted by atomic mass is 79.9. The minimum Gasteiger partial charge on any atom is -0.368 e. The van der Waals surface area contributed by atoms with Crippen molar-refractivity contribution in [3.63, 3.8) is 0 Å². The molecule has 0 amide bonds. The van der Waals surface area contributed by atoms with Crippen molar-refractivity contribution < 1.29 is 13.2 Å². The number of rotatable bonds is 3. The summed E-state index contributed by atoms with van der Waals surface area (Å²) in [7, 11) is 0. The van der Waals surface area contributed by atoms with Crippen LogP contribution in [0.2, 0.25) is 5.02 Å². The first-order valence-corrected chi connectivity index (χ1v) is 7.78. The zero-order valence-electron chi connectivity index (χ0n) is 10.8. The molecule has 0 spiro atoms. The summed E-state index contributed by atoms with van der Waals surface area (Å²) < 4.78 is 37.1. The molecule has 1 aromatic carbocycles. The maximum Gasteiger partial charge on any atom is 0.401 e. The molecule has 2 nitrogen and oxygen atoms in total. The Morgan fingerprint density at radius 3 is 2.35 bits per heavy atom. The Bertz CT molecular complexity index is 459. The average molecular weight is 372 g/mol. The van der Waals surface area contributed by atoms with Crippen molar-refractivity contribution in [3.05, 3.63) is 28.8 Å². The molecule has 1 heterocycles. The van der Waals surface area contributed by atoms with E-state index in [1.807, 2.05) is 18.2 Å². The molecular formula is C13H15BrClF3N2. The zero-order chi connectivity index (χ0) is 14.8. The van der Waals surface area contributed by atoms with Crippen molar-refractivity contribution in [2.45, 2.75) is 11.5 Å². The van der Waals surface area contributed by atoms with Gasteiger partial charge in [-0.25, -0.2) is 0 Å². The maximum absolute atomic E-state index is 12.4. The van der Waals surface area contributed by atoms with Gasteiger partial charge in [-0.05, 0) is 11.6 Å². The summed E-state index contributed by atoms with van der Waals surface area (Å²) in [6, 6.07) is 5.66. The molecule has 0 N–H and O–H groups in total. The van der Waals surface area contributed by atoms with Crippen LogP contribution in [-0.2, 0) is 5.33 Å². The third kappa shape index (κ3) is 4.02. The van der Waals surface area contributed by atoms with Gasteiger partial charge in [0, 0.05) is 31.5 Å². The number of hydrogen-bond donors (Lipinski definition) is 0. The molecule has 1 saturated heterocycles. The van der Waals surface area contributed by atoms with Crippen LogP contribution in [0, 0.1) is 0 Å². The van der Waals surface area contributed by atoms with Gasteiger partial charge in [0.2, 0.25) is 0 Å². The molecule has 0 unspecified atom stereocenters. The van der Waals surface area contributed by atoms with E-state index < -0.39 is 12.7 Å². The topological polar surface area (TPSA) is 6.48 Å². The number of hydrogen-bond acceptors (Lipinski definition) is 2. The second-order valence-electron chi connectivity index (χ2n) is 4.76. The quantitative estimate of drug-likeness (QED) is 0.743. The van der Waals surface area contributed by atoms with Gasteiger partial charge in [0.25, 0.3) is 0 Å². The van der Waals surface area contributed by atoms with Gasteiger partial charge in [-0.2, -0.15) is 13.2 Å². The smallest absolute Gasteiger partial charge is 0.368 e. The van der Waals surface area contributed by atoms with E-state index in [0.717, 1.165) is 11.3 Å². The van der Waals surface area contributed by atoms with E-state index in [4.69, 9.17) is 11.6 Å². The molecule has 1 aliphatic rings. The van der Waals surface area contributed by atoms with Crippen LogP contribution in [0.5, 0.6) is 0 Å². The number of anilines is 1. The fourth-order valence-electron chi connectivity index (χ4n) is 2.41. The van der Waals surface area contributed by atoms with E-state index in [2.05, 4.69) is 20.8 Å². The first-order valence-electron chi connectivity index (χ1n) is 6.28. The predicted molar refractivity (Wildman–Crippen MR) is 78.8 cm³/mol. The van der Waals surface area contributed by atoms with E-state index >= 15 is 0 Å². The normalized spacial score (nSPS) is 17.6. The Morgan fingerprint density at radius 2 is 1.80 bits per heavy atom. The van der Waals surface area contributed by atoms with Gasteiger partial charge in [-0.1, -0.05) is 39.7 Å². The molecule has 0 aromatic heterocycles. The zero-order valence-corrected chi connectivity index (χ0v) is 13.1.